The largest absolute Gasteiger partial charge is 0.381 e. The Bertz CT molecular complexity index is 1720. The number of hydrogen-bond acceptors (Lipinski definition) is 7. The van der Waals surface area contributed by atoms with Crippen molar-refractivity contribution in [2.24, 2.45) is 5.92 Å². The molecule has 0 unspecified atom stereocenters. The van der Waals surface area contributed by atoms with Gasteiger partial charge < -0.3 is 26.0 Å². The minimum absolute atomic E-state index is 0.114. The quantitative estimate of drug-likeness (QED) is 0.140. The Morgan fingerprint density at radius 1 is 0.898 bits per heavy atom. The minimum Gasteiger partial charge on any atom is -0.381 e. The number of benzene rings is 2. The zero-order chi connectivity index (χ0) is 34.0. The van der Waals surface area contributed by atoms with Gasteiger partial charge in [0.15, 0.2) is 5.65 Å². The van der Waals surface area contributed by atoms with Crippen molar-refractivity contribution in [1.82, 2.24) is 30.7 Å². The Hall–Kier alpha value is -4.28. The van der Waals surface area contributed by atoms with Crippen molar-refractivity contribution < 1.29 is 14.3 Å². The number of nitrogens with zero attached hydrogens (tertiary/aromatic N) is 3. The number of pyridine rings is 1. The third kappa shape index (κ3) is 9.05. The lowest BCUT2D eigenvalue weighted by atomic mass is 9.90. The molecule has 4 N–H and O–H groups in total. The van der Waals surface area contributed by atoms with E-state index in [1.54, 1.807) is 0 Å². The first-order valence-corrected chi connectivity index (χ1v) is 18.1. The van der Waals surface area contributed by atoms with Crippen LogP contribution in [-0.2, 0) is 46.8 Å². The van der Waals surface area contributed by atoms with E-state index < -0.39 is 0 Å². The number of nitrogens with one attached hydrogen (secondary N) is 4. The van der Waals surface area contributed by atoms with Crippen LogP contribution in [0.2, 0.25) is 0 Å². The fraction of sp³-hybridized carbons (Fsp3) is 0.487. The highest BCUT2D eigenvalue weighted by atomic mass is 16.5. The van der Waals surface area contributed by atoms with E-state index in [1.807, 2.05) is 23.0 Å². The minimum atomic E-state index is -0.162. The molecule has 260 valence electrons. The molecule has 2 amide bonds. The molecule has 6 rings (SSSR count). The van der Waals surface area contributed by atoms with Gasteiger partial charge in [-0.25, -0.2) is 9.67 Å². The van der Waals surface area contributed by atoms with E-state index in [4.69, 9.17) is 9.72 Å². The maximum Gasteiger partial charge on any atom is 0.220 e. The van der Waals surface area contributed by atoms with Crippen LogP contribution >= 0.6 is 0 Å². The molecule has 2 saturated heterocycles. The van der Waals surface area contributed by atoms with Gasteiger partial charge in [0.1, 0.15) is 0 Å². The monoisotopic (exact) mass is 665 g/mol. The number of anilines is 1. The number of carbonyl (C=O) groups excluding carboxylic acids is 2. The van der Waals surface area contributed by atoms with Gasteiger partial charge in [-0.2, -0.15) is 5.10 Å². The number of aromatic nitrogens is 3. The molecule has 10 nitrogen and oxygen atoms in total. The number of rotatable bonds is 14. The van der Waals surface area contributed by atoms with Crippen LogP contribution in [0.1, 0.15) is 74.8 Å². The summed E-state index contributed by atoms with van der Waals surface area (Å²) in [5.74, 6) is 0.434. The molecule has 0 saturated carbocycles. The normalized spacial score (nSPS) is 15.7. The Morgan fingerprint density at radius 2 is 1.57 bits per heavy atom. The maximum absolute atomic E-state index is 13.0. The number of aryl methyl sites for hydroxylation is 2. The van der Waals surface area contributed by atoms with E-state index >= 15 is 0 Å². The third-order valence-corrected chi connectivity index (χ3v) is 9.88. The smallest absolute Gasteiger partial charge is 0.220 e. The van der Waals surface area contributed by atoms with Crippen molar-refractivity contribution in [1.29, 1.82) is 0 Å². The highest BCUT2D eigenvalue weighted by Gasteiger charge is 2.22. The zero-order valence-electron chi connectivity index (χ0n) is 29.0. The lowest BCUT2D eigenvalue weighted by molar-refractivity contribution is -0.126. The van der Waals surface area contributed by atoms with Crippen LogP contribution in [0.4, 0.5) is 5.69 Å². The Morgan fingerprint density at radius 3 is 2.27 bits per heavy atom. The number of hydrogen-bond donors (Lipinski definition) is 4. The van der Waals surface area contributed by atoms with Crippen molar-refractivity contribution >= 4 is 28.5 Å². The summed E-state index contributed by atoms with van der Waals surface area (Å²) in [5, 5.41) is 18.8. The Kier molecular flexibility index (Phi) is 11.9. The summed E-state index contributed by atoms with van der Waals surface area (Å²) in [7, 11) is 0. The van der Waals surface area contributed by atoms with E-state index in [1.165, 1.54) is 24.0 Å². The van der Waals surface area contributed by atoms with Crippen molar-refractivity contribution in [3.8, 4) is 11.1 Å². The molecule has 2 aliphatic heterocycles. The van der Waals surface area contributed by atoms with E-state index in [9.17, 15) is 9.59 Å². The number of carbonyl (C=O) groups is 2. The maximum atomic E-state index is 13.0. The van der Waals surface area contributed by atoms with Crippen LogP contribution < -0.4 is 21.3 Å². The highest BCUT2D eigenvalue weighted by Crippen LogP contribution is 2.31. The van der Waals surface area contributed by atoms with E-state index in [0.29, 0.717) is 13.1 Å². The SMILES string of the molecule is CCc1nc2c(cnn2CC)c(NC2CCOCC2)c1CNC(=O)CCC(=O)NCc1cccc(-c2cccc(CC3CCNCC3)c2)c1. The Balaban J connectivity index is 1.02. The molecular formula is C39H51N7O3. The first-order valence-electron chi connectivity index (χ1n) is 18.1. The third-order valence-electron chi connectivity index (χ3n) is 9.88. The van der Waals surface area contributed by atoms with E-state index in [2.05, 4.69) is 76.6 Å². The lowest BCUT2D eigenvalue weighted by Gasteiger charge is -2.26. The van der Waals surface area contributed by atoms with Crippen molar-refractivity contribution in [2.45, 2.75) is 90.9 Å². The summed E-state index contributed by atoms with van der Waals surface area (Å²) in [5.41, 5.74) is 8.51. The molecule has 2 aromatic carbocycles. The highest BCUT2D eigenvalue weighted by molar-refractivity contribution is 5.92. The average Bonchev–Trinajstić information content (AvgIpc) is 3.56. The second-order valence-electron chi connectivity index (χ2n) is 13.3. The molecule has 0 spiro atoms. The average molecular weight is 666 g/mol. The zero-order valence-corrected chi connectivity index (χ0v) is 29.0. The molecule has 0 atom stereocenters. The second kappa shape index (κ2) is 16.9. The summed E-state index contributed by atoms with van der Waals surface area (Å²) in [6, 6.07) is 17.4. The second-order valence-corrected chi connectivity index (χ2v) is 13.3. The molecule has 10 heteroatoms. The van der Waals surface area contributed by atoms with Crippen molar-refractivity contribution in [3.05, 3.63) is 77.1 Å². The van der Waals surface area contributed by atoms with Gasteiger partial charge in [0.25, 0.3) is 0 Å². The van der Waals surface area contributed by atoms with E-state index in [0.717, 1.165) is 104 Å². The number of ether oxygens (including phenoxy) is 1. The van der Waals surface area contributed by atoms with Crippen LogP contribution in [0, 0.1) is 5.92 Å². The number of amides is 2. The predicted octanol–water partition coefficient (Wildman–Crippen LogP) is 5.53. The topological polar surface area (TPSA) is 122 Å². The summed E-state index contributed by atoms with van der Waals surface area (Å²) in [6.07, 6.45) is 8.25. The molecule has 0 bridgehead atoms. The molecule has 2 aromatic heterocycles. The molecule has 2 fully saturated rings. The summed E-state index contributed by atoms with van der Waals surface area (Å²) < 4.78 is 7.49. The van der Waals surface area contributed by atoms with E-state index in [-0.39, 0.29) is 30.7 Å². The van der Waals surface area contributed by atoms with Gasteiger partial charge in [-0.1, -0.05) is 49.4 Å². The first kappa shape index (κ1) is 34.6. The van der Waals surface area contributed by atoms with Gasteiger partial charge in [0.2, 0.25) is 11.8 Å². The van der Waals surface area contributed by atoms with Gasteiger partial charge in [-0.15, -0.1) is 0 Å². The van der Waals surface area contributed by atoms with Crippen LogP contribution in [0.5, 0.6) is 0 Å². The fourth-order valence-corrected chi connectivity index (χ4v) is 7.05. The van der Waals surface area contributed by atoms with Gasteiger partial charge in [0.05, 0.1) is 17.3 Å². The van der Waals surface area contributed by atoms with Crippen LogP contribution in [0.15, 0.2) is 54.7 Å². The molecule has 0 radical (unpaired) electrons. The van der Waals surface area contributed by atoms with Crippen LogP contribution in [0.3, 0.4) is 0 Å². The molecule has 2 aliphatic rings. The Labute approximate surface area is 289 Å². The van der Waals surface area contributed by atoms with Crippen LogP contribution in [0.25, 0.3) is 22.2 Å². The molecule has 0 aliphatic carbocycles. The standard InChI is InChI=1S/C39H51N7O3/c1-3-35-33(38(44-32-15-19-49-20-16-32)34-26-43-46(4-2)39(34)45-35)25-42-37(48)12-11-36(47)41-24-29-8-6-10-31(23-29)30-9-5-7-28(22-30)21-27-13-17-40-18-14-27/h5-10,22-23,26-27,32,40H,3-4,11-21,24-25H2,1-2H3,(H,41,47)(H,42,48)(H,44,45). The number of piperidine rings is 1. The van der Waals surface area contributed by atoms with Gasteiger partial charge >= 0.3 is 0 Å². The van der Waals surface area contributed by atoms with Crippen molar-refractivity contribution in [3.63, 3.8) is 0 Å². The molecular weight excluding hydrogens is 614 g/mol. The summed E-state index contributed by atoms with van der Waals surface area (Å²) >= 11 is 0. The van der Waals surface area contributed by atoms with Gasteiger partial charge in [0, 0.05) is 63.0 Å². The van der Waals surface area contributed by atoms with Gasteiger partial charge in [-0.3, -0.25) is 9.59 Å². The lowest BCUT2D eigenvalue weighted by Crippen LogP contribution is -2.30. The van der Waals surface area contributed by atoms with Crippen molar-refractivity contribution in [2.75, 3.05) is 31.6 Å². The van der Waals surface area contributed by atoms with Crippen LogP contribution in [-0.4, -0.2) is 58.9 Å². The molecule has 49 heavy (non-hydrogen) atoms. The number of fused-ring (bicyclic) bond motifs is 1. The first-order chi connectivity index (χ1) is 24.0. The predicted molar refractivity (Wildman–Crippen MR) is 194 cm³/mol. The molecule has 4 aromatic rings. The molecule has 4 heterocycles. The van der Waals surface area contributed by atoms with Gasteiger partial charge in [-0.05, 0) is 92.8 Å². The fourth-order valence-electron chi connectivity index (χ4n) is 7.05. The summed E-state index contributed by atoms with van der Waals surface area (Å²) in [4.78, 5) is 30.8. The summed E-state index contributed by atoms with van der Waals surface area (Å²) in [6.45, 7) is 9.30.